The molecule has 3 atom stereocenters. The first-order chi connectivity index (χ1) is 9.52. The van der Waals surface area contributed by atoms with Crippen molar-refractivity contribution >= 4 is 5.69 Å². The summed E-state index contributed by atoms with van der Waals surface area (Å²) in [6.07, 6.45) is 4.01. The molecule has 1 aliphatic carbocycles. The normalized spacial score (nSPS) is 30.9. The van der Waals surface area contributed by atoms with Crippen LogP contribution in [-0.2, 0) is 5.41 Å². The molecule has 0 bridgehead atoms. The minimum absolute atomic E-state index is 0.235. The zero-order chi connectivity index (χ0) is 14.3. The summed E-state index contributed by atoms with van der Waals surface area (Å²) in [5, 5.41) is 3.80. The van der Waals surface area contributed by atoms with Crippen LogP contribution in [-0.4, -0.2) is 12.6 Å². The smallest absolute Gasteiger partial charge is 0.119 e. The Bertz CT molecular complexity index is 494. The van der Waals surface area contributed by atoms with Crippen molar-refractivity contribution in [1.82, 2.24) is 0 Å². The average Bonchev–Trinajstić information content (AvgIpc) is 2.39. The molecule has 2 nitrogen and oxygen atoms in total. The third-order valence-corrected chi connectivity index (χ3v) is 5.38. The van der Waals surface area contributed by atoms with Gasteiger partial charge in [0.15, 0.2) is 0 Å². The van der Waals surface area contributed by atoms with E-state index in [2.05, 4.69) is 44.3 Å². The summed E-state index contributed by atoms with van der Waals surface area (Å²) in [6, 6.07) is 7.19. The molecule has 1 aromatic carbocycles. The number of benzene rings is 1. The van der Waals surface area contributed by atoms with Gasteiger partial charge in [-0.05, 0) is 60.8 Å². The SMILES string of the molecule is CCOc1ccc2c(c1)C(C)(C)[C@@H]1CC[C@@H](C)C[C@H]1N2. The molecule has 0 aromatic heterocycles. The average molecular weight is 273 g/mol. The van der Waals surface area contributed by atoms with Gasteiger partial charge < -0.3 is 10.1 Å². The topological polar surface area (TPSA) is 21.3 Å². The van der Waals surface area contributed by atoms with E-state index in [9.17, 15) is 0 Å². The van der Waals surface area contributed by atoms with Crippen molar-refractivity contribution < 1.29 is 4.74 Å². The highest BCUT2D eigenvalue weighted by molar-refractivity contribution is 5.60. The summed E-state index contributed by atoms with van der Waals surface area (Å²) in [7, 11) is 0. The molecule has 0 unspecified atom stereocenters. The van der Waals surface area contributed by atoms with Crippen LogP contribution in [0.15, 0.2) is 18.2 Å². The van der Waals surface area contributed by atoms with E-state index in [4.69, 9.17) is 4.74 Å². The molecule has 3 rings (SSSR count). The van der Waals surface area contributed by atoms with Crippen molar-refractivity contribution in [3.63, 3.8) is 0 Å². The van der Waals surface area contributed by atoms with Crippen LogP contribution in [0.2, 0.25) is 0 Å². The van der Waals surface area contributed by atoms with Crippen LogP contribution in [0.4, 0.5) is 5.69 Å². The molecule has 0 amide bonds. The Morgan fingerprint density at radius 1 is 1.30 bits per heavy atom. The summed E-state index contributed by atoms with van der Waals surface area (Å²) in [5.41, 5.74) is 2.98. The molecule has 0 radical (unpaired) electrons. The first-order valence-corrected chi connectivity index (χ1v) is 8.06. The molecule has 1 heterocycles. The first kappa shape index (κ1) is 13.8. The lowest BCUT2D eigenvalue weighted by Crippen LogP contribution is -2.48. The van der Waals surface area contributed by atoms with E-state index in [0.717, 1.165) is 24.2 Å². The molecule has 0 spiro atoms. The molecule has 0 saturated heterocycles. The van der Waals surface area contributed by atoms with Gasteiger partial charge in [0.25, 0.3) is 0 Å². The number of anilines is 1. The summed E-state index contributed by atoms with van der Waals surface area (Å²) in [4.78, 5) is 0. The van der Waals surface area contributed by atoms with Gasteiger partial charge >= 0.3 is 0 Å². The molecule has 1 aromatic rings. The number of ether oxygens (including phenoxy) is 1. The Balaban J connectivity index is 1.98. The molecule has 20 heavy (non-hydrogen) atoms. The van der Waals surface area contributed by atoms with Crippen LogP contribution < -0.4 is 10.1 Å². The van der Waals surface area contributed by atoms with Crippen molar-refractivity contribution in [1.29, 1.82) is 0 Å². The van der Waals surface area contributed by atoms with Gasteiger partial charge in [-0.15, -0.1) is 0 Å². The second kappa shape index (κ2) is 4.98. The molecular formula is C18H27NO. The van der Waals surface area contributed by atoms with Gasteiger partial charge in [-0.3, -0.25) is 0 Å². The van der Waals surface area contributed by atoms with Crippen molar-refractivity contribution in [2.24, 2.45) is 11.8 Å². The minimum atomic E-state index is 0.235. The maximum atomic E-state index is 5.69. The summed E-state index contributed by atoms with van der Waals surface area (Å²) in [6.45, 7) is 9.99. The number of hydrogen-bond donors (Lipinski definition) is 1. The van der Waals surface area contributed by atoms with E-state index < -0.39 is 0 Å². The summed E-state index contributed by atoms with van der Waals surface area (Å²) in [5.74, 6) is 2.59. The Hall–Kier alpha value is -1.18. The number of nitrogens with one attached hydrogen (secondary N) is 1. The van der Waals surface area contributed by atoms with Gasteiger partial charge in [-0.2, -0.15) is 0 Å². The monoisotopic (exact) mass is 273 g/mol. The lowest BCUT2D eigenvalue weighted by atomic mass is 9.61. The van der Waals surface area contributed by atoms with E-state index >= 15 is 0 Å². The van der Waals surface area contributed by atoms with E-state index in [-0.39, 0.29) is 5.41 Å². The summed E-state index contributed by atoms with van der Waals surface area (Å²) < 4.78 is 5.69. The van der Waals surface area contributed by atoms with Gasteiger partial charge in [0.2, 0.25) is 0 Å². The lowest BCUT2D eigenvalue weighted by Gasteiger charge is -2.49. The molecule has 1 fully saturated rings. The third-order valence-electron chi connectivity index (χ3n) is 5.38. The zero-order valence-electron chi connectivity index (χ0n) is 13.2. The highest BCUT2D eigenvalue weighted by Gasteiger charge is 2.44. The van der Waals surface area contributed by atoms with E-state index in [1.165, 1.54) is 30.5 Å². The second-order valence-corrected chi connectivity index (χ2v) is 7.14. The standard InChI is InChI=1S/C18H27NO/c1-5-20-13-7-9-16-15(11-13)18(3,4)14-8-6-12(2)10-17(14)19-16/h7,9,11-12,14,17,19H,5-6,8,10H2,1-4H3/t12-,14-,17-/m1/s1. The van der Waals surface area contributed by atoms with Crippen LogP contribution in [0, 0.1) is 11.8 Å². The third kappa shape index (κ3) is 2.19. The van der Waals surface area contributed by atoms with E-state index in [1.54, 1.807) is 0 Å². The molecule has 2 heteroatoms. The Morgan fingerprint density at radius 3 is 2.85 bits per heavy atom. The second-order valence-electron chi connectivity index (χ2n) is 7.14. The van der Waals surface area contributed by atoms with Gasteiger partial charge in [-0.1, -0.05) is 27.2 Å². The zero-order valence-corrected chi connectivity index (χ0v) is 13.2. The van der Waals surface area contributed by atoms with Gasteiger partial charge in [0, 0.05) is 11.7 Å². The van der Waals surface area contributed by atoms with Crippen molar-refractivity contribution in [3.05, 3.63) is 23.8 Å². The number of fused-ring (bicyclic) bond motifs is 2. The molecule has 1 saturated carbocycles. The maximum absolute atomic E-state index is 5.69. The van der Waals surface area contributed by atoms with Gasteiger partial charge in [-0.25, -0.2) is 0 Å². The number of hydrogen-bond acceptors (Lipinski definition) is 2. The molecule has 1 aliphatic heterocycles. The van der Waals surface area contributed by atoms with E-state index in [1.807, 2.05) is 6.92 Å². The molecule has 2 aliphatic rings. The molecular weight excluding hydrogens is 246 g/mol. The summed E-state index contributed by atoms with van der Waals surface area (Å²) >= 11 is 0. The number of rotatable bonds is 2. The fourth-order valence-electron chi connectivity index (χ4n) is 4.24. The quantitative estimate of drug-likeness (QED) is 0.850. The first-order valence-electron chi connectivity index (χ1n) is 8.06. The van der Waals surface area contributed by atoms with Crippen LogP contribution in [0.5, 0.6) is 5.75 Å². The molecule has 1 N–H and O–H groups in total. The lowest BCUT2D eigenvalue weighted by molar-refractivity contribution is 0.173. The fourth-order valence-corrected chi connectivity index (χ4v) is 4.24. The highest BCUT2D eigenvalue weighted by atomic mass is 16.5. The van der Waals surface area contributed by atoms with Crippen LogP contribution in [0.25, 0.3) is 0 Å². The van der Waals surface area contributed by atoms with Crippen molar-refractivity contribution in [2.45, 2.75) is 58.4 Å². The van der Waals surface area contributed by atoms with Crippen LogP contribution >= 0.6 is 0 Å². The van der Waals surface area contributed by atoms with Crippen molar-refractivity contribution in [3.8, 4) is 5.75 Å². The predicted molar refractivity (Wildman–Crippen MR) is 84.6 cm³/mol. The van der Waals surface area contributed by atoms with Crippen LogP contribution in [0.1, 0.15) is 52.5 Å². The van der Waals surface area contributed by atoms with Crippen LogP contribution in [0.3, 0.4) is 0 Å². The Morgan fingerprint density at radius 2 is 2.10 bits per heavy atom. The minimum Gasteiger partial charge on any atom is -0.494 e. The Kier molecular flexibility index (Phi) is 3.43. The van der Waals surface area contributed by atoms with Gasteiger partial charge in [0.1, 0.15) is 5.75 Å². The maximum Gasteiger partial charge on any atom is 0.119 e. The van der Waals surface area contributed by atoms with Crippen molar-refractivity contribution in [2.75, 3.05) is 11.9 Å². The fraction of sp³-hybridized carbons (Fsp3) is 0.667. The predicted octanol–water partition coefficient (Wildman–Crippen LogP) is 4.59. The largest absolute Gasteiger partial charge is 0.494 e. The highest BCUT2D eigenvalue weighted by Crippen LogP contribution is 2.49. The van der Waals surface area contributed by atoms with E-state index in [0.29, 0.717) is 6.04 Å². The van der Waals surface area contributed by atoms with Gasteiger partial charge in [0.05, 0.1) is 6.61 Å². The Labute approximate surface area is 122 Å². The molecule has 110 valence electrons.